The van der Waals surface area contributed by atoms with Gasteiger partial charge in [-0.2, -0.15) is 0 Å². The molecule has 0 aliphatic carbocycles. The summed E-state index contributed by atoms with van der Waals surface area (Å²) in [5.74, 6) is 0. The second-order valence-corrected chi connectivity index (χ2v) is 3.71. The van der Waals surface area contributed by atoms with Crippen LogP contribution in [0.2, 0.25) is 0 Å². The summed E-state index contributed by atoms with van der Waals surface area (Å²) in [7, 11) is 0.559. The molecule has 10 heavy (non-hydrogen) atoms. The van der Waals surface area contributed by atoms with Crippen molar-refractivity contribution in [1.29, 1.82) is 0 Å². The molecule has 0 bridgehead atoms. The van der Waals surface area contributed by atoms with E-state index in [1.807, 2.05) is 13.8 Å². The zero-order valence-electron chi connectivity index (χ0n) is 6.53. The van der Waals surface area contributed by atoms with Gasteiger partial charge in [0.2, 0.25) is 0 Å². The summed E-state index contributed by atoms with van der Waals surface area (Å²) in [4.78, 5) is 0. The highest BCUT2D eigenvalue weighted by Crippen LogP contribution is 2.46. The number of rotatable bonds is 1. The van der Waals surface area contributed by atoms with Crippen LogP contribution in [-0.4, -0.2) is 19.3 Å². The highest BCUT2D eigenvalue weighted by molar-refractivity contribution is 7.41. The lowest BCUT2D eigenvalue weighted by Gasteiger charge is -2.29. The summed E-state index contributed by atoms with van der Waals surface area (Å²) in [5.41, 5.74) is 0. The molecular formula is C6H13O3P. The average Bonchev–Trinajstić information content (AvgIpc) is 1.85. The Morgan fingerprint density at radius 3 is 2.20 bits per heavy atom. The molecule has 1 rings (SSSR count). The zero-order valence-corrected chi connectivity index (χ0v) is 7.43. The molecule has 1 aliphatic rings. The van der Waals surface area contributed by atoms with E-state index < -0.39 is 8.60 Å². The van der Waals surface area contributed by atoms with E-state index >= 15 is 0 Å². The summed E-state index contributed by atoms with van der Waals surface area (Å²) in [6.07, 6.45) is 1.51. The molecular weight excluding hydrogens is 151 g/mol. The van der Waals surface area contributed by atoms with Crippen molar-refractivity contribution in [2.24, 2.45) is 0 Å². The molecule has 0 aromatic heterocycles. The Morgan fingerprint density at radius 1 is 1.30 bits per heavy atom. The Bertz CT molecular complexity index is 99.2. The maximum atomic E-state index is 5.33. The lowest BCUT2D eigenvalue weighted by Crippen LogP contribution is -2.22. The van der Waals surface area contributed by atoms with Gasteiger partial charge in [0.1, 0.15) is 0 Å². The lowest BCUT2D eigenvalue weighted by molar-refractivity contribution is 0.0394. The first-order valence-electron chi connectivity index (χ1n) is 3.40. The second-order valence-electron chi connectivity index (χ2n) is 2.47. The summed E-state index contributed by atoms with van der Waals surface area (Å²) in [6, 6.07) is 0. The fourth-order valence-electron chi connectivity index (χ4n) is 0.958. The fourth-order valence-corrected chi connectivity index (χ4v) is 1.94. The predicted molar refractivity (Wildman–Crippen MR) is 39.6 cm³/mol. The van der Waals surface area contributed by atoms with Gasteiger partial charge in [-0.1, -0.05) is 0 Å². The van der Waals surface area contributed by atoms with E-state index in [1.54, 1.807) is 7.11 Å². The minimum atomic E-state index is -1.05. The van der Waals surface area contributed by atoms with Crippen molar-refractivity contribution < 1.29 is 13.6 Å². The molecule has 0 unspecified atom stereocenters. The lowest BCUT2D eigenvalue weighted by atomic mass is 10.2. The van der Waals surface area contributed by atoms with E-state index in [0.29, 0.717) is 0 Å². The Morgan fingerprint density at radius 2 is 1.80 bits per heavy atom. The first-order valence-corrected chi connectivity index (χ1v) is 4.49. The SMILES string of the molecule is COP1O[C@H](C)C[C@@H](C)O1. The van der Waals surface area contributed by atoms with Gasteiger partial charge < -0.3 is 13.6 Å². The van der Waals surface area contributed by atoms with Crippen molar-refractivity contribution in [3.8, 4) is 0 Å². The van der Waals surface area contributed by atoms with E-state index in [9.17, 15) is 0 Å². The molecule has 1 heterocycles. The molecule has 1 fully saturated rings. The van der Waals surface area contributed by atoms with E-state index in [4.69, 9.17) is 13.6 Å². The average molecular weight is 164 g/mol. The molecule has 1 aliphatic heterocycles. The maximum Gasteiger partial charge on any atom is 0.332 e. The van der Waals surface area contributed by atoms with Gasteiger partial charge in [-0.15, -0.1) is 0 Å². The van der Waals surface area contributed by atoms with Gasteiger partial charge in [0, 0.05) is 13.5 Å². The third-order valence-corrected chi connectivity index (χ3v) is 2.71. The zero-order chi connectivity index (χ0) is 7.56. The monoisotopic (exact) mass is 164 g/mol. The van der Waals surface area contributed by atoms with Crippen molar-refractivity contribution in [3.63, 3.8) is 0 Å². The van der Waals surface area contributed by atoms with Crippen LogP contribution in [0.1, 0.15) is 20.3 Å². The molecule has 0 amide bonds. The molecule has 60 valence electrons. The second kappa shape index (κ2) is 3.63. The largest absolute Gasteiger partial charge is 0.332 e. The third-order valence-electron chi connectivity index (χ3n) is 1.34. The van der Waals surface area contributed by atoms with E-state index in [0.717, 1.165) is 6.42 Å². The van der Waals surface area contributed by atoms with Crippen LogP contribution in [0.4, 0.5) is 0 Å². The van der Waals surface area contributed by atoms with Crippen LogP contribution in [0.15, 0.2) is 0 Å². The molecule has 2 atom stereocenters. The smallest absolute Gasteiger partial charge is 0.316 e. The quantitative estimate of drug-likeness (QED) is 0.555. The molecule has 0 aromatic carbocycles. The van der Waals surface area contributed by atoms with Gasteiger partial charge in [0.05, 0.1) is 12.2 Å². The van der Waals surface area contributed by atoms with Crippen molar-refractivity contribution in [2.75, 3.05) is 7.11 Å². The van der Waals surface area contributed by atoms with Gasteiger partial charge >= 0.3 is 8.60 Å². The standard InChI is InChI=1S/C6H13O3P/c1-5-4-6(2)9-10(7-3)8-5/h5-6H,4H2,1-3H3/t5-,6-/m1/s1. The predicted octanol–water partition coefficient (Wildman–Crippen LogP) is 2.07. The number of hydrogen-bond donors (Lipinski definition) is 0. The highest BCUT2D eigenvalue weighted by atomic mass is 31.2. The van der Waals surface area contributed by atoms with Gasteiger partial charge in [-0.3, -0.25) is 0 Å². The van der Waals surface area contributed by atoms with Crippen LogP contribution in [0.5, 0.6) is 0 Å². The molecule has 0 spiro atoms. The summed E-state index contributed by atoms with van der Waals surface area (Å²) < 4.78 is 15.6. The topological polar surface area (TPSA) is 27.7 Å². The van der Waals surface area contributed by atoms with Crippen molar-refractivity contribution in [1.82, 2.24) is 0 Å². The van der Waals surface area contributed by atoms with Gasteiger partial charge in [0.15, 0.2) is 0 Å². The maximum absolute atomic E-state index is 5.33. The Hall–Kier alpha value is 0.310. The highest BCUT2D eigenvalue weighted by Gasteiger charge is 2.25. The molecule has 1 saturated heterocycles. The van der Waals surface area contributed by atoms with E-state index in [-0.39, 0.29) is 12.2 Å². The van der Waals surface area contributed by atoms with Gasteiger partial charge in [-0.25, -0.2) is 0 Å². The normalized spacial score (nSPS) is 41.7. The van der Waals surface area contributed by atoms with Crippen molar-refractivity contribution in [2.45, 2.75) is 32.5 Å². The molecule has 4 heteroatoms. The van der Waals surface area contributed by atoms with Crippen LogP contribution in [0, 0.1) is 0 Å². The molecule has 0 saturated carbocycles. The summed E-state index contributed by atoms with van der Waals surface area (Å²) >= 11 is 0. The Balaban J connectivity index is 2.35. The first kappa shape index (κ1) is 8.41. The van der Waals surface area contributed by atoms with Gasteiger partial charge in [0.25, 0.3) is 0 Å². The van der Waals surface area contributed by atoms with Crippen LogP contribution in [-0.2, 0) is 13.6 Å². The molecule has 3 nitrogen and oxygen atoms in total. The van der Waals surface area contributed by atoms with Crippen LogP contribution in [0.3, 0.4) is 0 Å². The fraction of sp³-hybridized carbons (Fsp3) is 1.00. The minimum absolute atomic E-state index is 0.273. The van der Waals surface area contributed by atoms with E-state index in [1.165, 1.54) is 0 Å². The van der Waals surface area contributed by atoms with Gasteiger partial charge in [-0.05, 0) is 13.8 Å². The minimum Gasteiger partial charge on any atom is -0.316 e. The van der Waals surface area contributed by atoms with E-state index in [2.05, 4.69) is 0 Å². The summed E-state index contributed by atoms with van der Waals surface area (Å²) in [5, 5.41) is 0. The Labute approximate surface area is 62.7 Å². The van der Waals surface area contributed by atoms with Crippen LogP contribution in [0.25, 0.3) is 0 Å². The van der Waals surface area contributed by atoms with Crippen molar-refractivity contribution >= 4 is 8.60 Å². The van der Waals surface area contributed by atoms with Crippen LogP contribution >= 0.6 is 8.60 Å². The molecule has 0 aromatic rings. The molecule has 0 N–H and O–H groups in total. The number of hydrogen-bond acceptors (Lipinski definition) is 3. The molecule has 0 radical (unpaired) electrons. The van der Waals surface area contributed by atoms with Crippen molar-refractivity contribution in [3.05, 3.63) is 0 Å². The third kappa shape index (κ3) is 2.17. The summed E-state index contributed by atoms with van der Waals surface area (Å²) in [6.45, 7) is 4.07. The van der Waals surface area contributed by atoms with Crippen LogP contribution < -0.4 is 0 Å². The first-order chi connectivity index (χ1) is 4.72. The Kier molecular flexibility index (Phi) is 3.05.